The number of benzene rings is 2. The highest BCUT2D eigenvalue weighted by atomic mass is 19.4. The van der Waals surface area contributed by atoms with Crippen molar-refractivity contribution in [1.82, 2.24) is 4.98 Å². The zero-order valence-corrected chi connectivity index (χ0v) is 20.9. The summed E-state index contributed by atoms with van der Waals surface area (Å²) in [6.45, 7) is 2.46. The zero-order chi connectivity index (χ0) is 27.7. The predicted octanol–water partition coefficient (Wildman–Crippen LogP) is 5.75. The highest BCUT2D eigenvalue weighted by Gasteiger charge is 2.48. The highest BCUT2D eigenvalue weighted by Crippen LogP contribution is 2.37. The Morgan fingerprint density at radius 3 is 2.49 bits per heavy atom. The van der Waals surface area contributed by atoms with Crippen LogP contribution in [-0.4, -0.2) is 53.2 Å². The molecule has 0 spiro atoms. The number of anilines is 2. The van der Waals surface area contributed by atoms with E-state index in [1.54, 1.807) is 36.4 Å². The van der Waals surface area contributed by atoms with E-state index in [1.165, 1.54) is 25.5 Å². The fraction of sp³-hybridized carbons (Fsp3) is 0.370. The lowest BCUT2D eigenvalue weighted by molar-refractivity contribution is -0.137. The number of carboxylic acid groups (broad SMARTS) is 1. The molecule has 2 aliphatic rings. The fourth-order valence-electron chi connectivity index (χ4n) is 5.02. The number of hydrazone groups is 1. The van der Waals surface area contributed by atoms with Crippen LogP contribution in [0.25, 0.3) is 11.5 Å². The summed E-state index contributed by atoms with van der Waals surface area (Å²) < 4.78 is 66.2. The lowest BCUT2D eigenvalue weighted by Crippen LogP contribution is -2.38. The van der Waals surface area contributed by atoms with Gasteiger partial charge in [-0.15, -0.1) is 0 Å². The Hall–Kier alpha value is -4.09. The molecule has 8 nitrogen and oxygen atoms in total. The summed E-state index contributed by atoms with van der Waals surface area (Å²) in [5.41, 5.74) is 0.488. The van der Waals surface area contributed by atoms with E-state index in [0.717, 1.165) is 5.01 Å². The third-order valence-electron chi connectivity index (χ3n) is 7.02. The van der Waals surface area contributed by atoms with Crippen LogP contribution < -0.4 is 14.6 Å². The molecule has 0 saturated carbocycles. The Morgan fingerprint density at radius 1 is 1.15 bits per heavy atom. The molecule has 2 aromatic carbocycles. The quantitative estimate of drug-likeness (QED) is 0.378. The average molecular weight is 547 g/mol. The maximum atomic E-state index is 14.6. The molecule has 3 heterocycles. The zero-order valence-electron chi connectivity index (χ0n) is 20.9. The van der Waals surface area contributed by atoms with E-state index >= 15 is 0 Å². The summed E-state index contributed by atoms with van der Waals surface area (Å²) in [5, 5.41) is 14.1. The molecule has 0 unspecified atom stereocenters. The van der Waals surface area contributed by atoms with E-state index in [0.29, 0.717) is 54.5 Å². The van der Waals surface area contributed by atoms with Crippen LogP contribution in [0.1, 0.15) is 26.2 Å². The predicted molar refractivity (Wildman–Crippen MR) is 135 cm³/mol. The summed E-state index contributed by atoms with van der Waals surface area (Å²) in [7, 11) is 0. The van der Waals surface area contributed by atoms with Gasteiger partial charge < -0.3 is 19.2 Å². The smallest absolute Gasteiger partial charge is 0.431 e. The lowest BCUT2D eigenvalue weighted by atomic mass is 9.94. The van der Waals surface area contributed by atoms with Crippen LogP contribution in [-0.2, 0) is 4.79 Å². The molecule has 12 heteroatoms. The molecule has 3 aromatic rings. The third kappa shape index (κ3) is 5.69. The van der Waals surface area contributed by atoms with Gasteiger partial charge in [0.1, 0.15) is 29.6 Å². The van der Waals surface area contributed by atoms with Gasteiger partial charge in [0.05, 0.1) is 30.0 Å². The molecule has 1 saturated heterocycles. The van der Waals surface area contributed by atoms with Crippen molar-refractivity contribution in [3.63, 3.8) is 0 Å². The third-order valence-corrected chi connectivity index (χ3v) is 7.02. The van der Waals surface area contributed by atoms with Gasteiger partial charge in [-0.25, -0.2) is 9.37 Å². The molecule has 206 valence electrons. The molecule has 1 fully saturated rings. The summed E-state index contributed by atoms with van der Waals surface area (Å²) in [6.07, 6.45) is -1.01. The first-order valence-corrected chi connectivity index (χ1v) is 12.5. The Bertz CT molecular complexity index is 1340. The van der Waals surface area contributed by atoms with Gasteiger partial charge in [-0.2, -0.15) is 18.3 Å². The van der Waals surface area contributed by atoms with Crippen LogP contribution >= 0.6 is 0 Å². The van der Waals surface area contributed by atoms with Gasteiger partial charge in [0.25, 0.3) is 0 Å². The van der Waals surface area contributed by atoms with E-state index in [4.69, 9.17) is 9.15 Å². The molecule has 0 bridgehead atoms. The summed E-state index contributed by atoms with van der Waals surface area (Å²) >= 11 is 0. The molecule has 0 radical (unpaired) electrons. The first-order chi connectivity index (χ1) is 18.6. The van der Waals surface area contributed by atoms with Crippen molar-refractivity contribution in [2.45, 2.75) is 44.5 Å². The lowest BCUT2D eigenvalue weighted by Gasteiger charge is -2.34. The number of oxazole rings is 1. The van der Waals surface area contributed by atoms with Crippen LogP contribution in [0, 0.1) is 11.7 Å². The summed E-state index contributed by atoms with van der Waals surface area (Å²) in [4.78, 5) is 17.4. The monoisotopic (exact) mass is 546 g/mol. The van der Waals surface area contributed by atoms with Crippen molar-refractivity contribution in [2.24, 2.45) is 11.0 Å². The maximum absolute atomic E-state index is 14.6. The van der Waals surface area contributed by atoms with Crippen molar-refractivity contribution in [1.29, 1.82) is 0 Å². The van der Waals surface area contributed by atoms with Gasteiger partial charge in [-0.3, -0.25) is 9.80 Å². The van der Waals surface area contributed by atoms with Crippen molar-refractivity contribution >= 4 is 23.1 Å². The van der Waals surface area contributed by atoms with E-state index < -0.39 is 36.2 Å². The van der Waals surface area contributed by atoms with Gasteiger partial charge >= 0.3 is 12.1 Å². The number of aromatic nitrogens is 1. The number of hydrogen-bond donors (Lipinski definition) is 1. The Morgan fingerprint density at radius 2 is 1.87 bits per heavy atom. The second-order valence-electron chi connectivity index (χ2n) is 9.58. The summed E-state index contributed by atoms with van der Waals surface area (Å²) in [5.74, 6) is -1.70. The molecule has 1 N–H and O–H groups in total. The molecule has 0 aliphatic carbocycles. The number of nitrogens with zero attached hydrogens (tertiary/aromatic N) is 4. The Kier molecular flexibility index (Phi) is 7.19. The van der Waals surface area contributed by atoms with E-state index in [1.807, 2.05) is 4.90 Å². The largest absolute Gasteiger partial charge is 0.490 e. The number of rotatable bonds is 7. The van der Waals surface area contributed by atoms with Crippen LogP contribution in [0.3, 0.4) is 0 Å². The number of halogens is 4. The molecule has 5 rings (SSSR count). The van der Waals surface area contributed by atoms with Crippen molar-refractivity contribution in [2.75, 3.05) is 23.0 Å². The van der Waals surface area contributed by atoms with E-state index in [-0.39, 0.29) is 11.9 Å². The number of carbonyl (C=O) groups is 1. The van der Waals surface area contributed by atoms with Crippen LogP contribution in [0.2, 0.25) is 0 Å². The van der Waals surface area contributed by atoms with Crippen molar-refractivity contribution < 1.29 is 36.6 Å². The number of aliphatic carboxylic acids is 1. The number of hydrogen-bond acceptors (Lipinski definition) is 7. The highest BCUT2D eigenvalue weighted by molar-refractivity contribution is 5.96. The van der Waals surface area contributed by atoms with Crippen LogP contribution in [0.5, 0.6) is 5.75 Å². The van der Waals surface area contributed by atoms with Gasteiger partial charge in [0.15, 0.2) is 0 Å². The number of piperidine rings is 1. The second-order valence-corrected chi connectivity index (χ2v) is 9.58. The topological polar surface area (TPSA) is 91.4 Å². The first kappa shape index (κ1) is 26.5. The average Bonchev–Trinajstić information content (AvgIpc) is 3.54. The van der Waals surface area contributed by atoms with Crippen LogP contribution in [0.15, 0.2) is 64.4 Å². The molecule has 2 atom stereocenters. The Balaban J connectivity index is 1.23. The molecular formula is C27H26F4N4O4. The number of ether oxygens (including phenoxy) is 1. The van der Waals surface area contributed by atoms with E-state index in [2.05, 4.69) is 10.1 Å². The SMILES string of the molecule is C[C@@H]1C(C(F)(F)F)=NN(c2ccc(OC3CCN(c4cc(-c5ncco5)ccc4F)CC3)cc2)[C@H]1CC(=O)O. The van der Waals surface area contributed by atoms with Gasteiger partial charge in [0.2, 0.25) is 5.89 Å². The fourth-order valence-corrected chi connectivity index (χ4v) is 5.02. The minimum Gasteiger partial charge on any atom is -0.490 e. The second kappa shape index (κ2) is 10.6. The van der Waals surface area contributed by atoms with Gasteiger partial charge in [-0.05, 0) is 42.5 Å². The van der Waals surface area contributed by atoms with Gasteiger partial charge in [-0.1, -0.05) is 6.92 Å². The minimum absolute atomic E-state index is 0.133. The summed E-state index contributed by atoms with van der Waals surface area (Å²) in [6, 6.07) is 10.2. The number of carboxylic acids is 1. The van der Waals surface area contributed by atoms with Crippen LogP contribution in [0.4, 0.5) is 28.9 Å². The van der Waals surface area contributed by atoms with E-state index in [9.17, 15) is 27.5 Å². The molecule has 1 aromatic heterocycles. The van der Waals surface area contributed by atoms with Crippen molar-refractivity contribution in [3.8, 4) is 17.2 Å². The standard InChI is InChI=1S/C27H26F4N4O4/c1-16-22(15-24(36)37)35(33-25(16)27(29,30)31)18-3-5-19(6-4-18)39-20-8-11-34(12-9-20)23-14-17(2-7-21(23)28)26-32-10-13-38-26/h2-7,10,13-14,16,20,22H,8-9,11-12,15H2,1H3,(H,36,37)/t16-,22-/m0/s1. The number of alkyl halides is 3. The Labute approximate surface area is 221 Å². The first-order valence-electron chi connectivity index (χ1n) is 12.5. The van der Waals surface area contributed by atoms with Crippen molar-refractivity contribution in [3.05, 3.63) is 60.7 Å². The molecule has 0 amide bonds. The molecule has 39 heavy (non-hydrogen) atoms. The minimum atomic E-state index is -4.65. The van der Waals surface area contributed by atoms with Gasteiger partial charge in [0, 0.05) is 37.4 Å². The molecule has 2 aliphatic heterocycles. The maximum Gasteiger partial charge on any atom is 0.431 e. The molecular weight excluding hydrogens is 520 g/mol. The normalized spacial score (nSPS) is 20.3.